The first-order valence-electron chi connectivity index (χ1n) is 6.48. The first kappa shape index (κ1) is 16.9. The fourth-order valence-corrected chi connectivity index (χ4v) is 1.38. The molecular formula is C12H24N2O4. The lowest BCUT2D eigenvalue weighted by Gasteiger charge is -2.19. The number of hydrogen-bond acceptors (Lipinski definition) is 5. The van der Waals surface area contributed by atoms with Crippen molar-refractivity contribution in [2.24, 2.45) is 0 Å². The highest BCUT2D eigenvalue weighted by atomic mass is 16.7. The van der Waals surface area contributed by atoms with Crippen molar-refractivity contribution in [3.05, 3.63) is 0 Å². The number of unbranched alkanes of at least 4 members (excludes halogenated alkanes) is 1. The van der Waals surface area contributed by atoms with Crippen molar-refractivity contribution < 1.29 is 19.5 Å². The molecule has 6 heteroatoms. The molecule has 0 unspecified atom stereocenters. The topological polar surface area (TPSA) is 78.9 Å². The maximum absolute atomic E-state index is 11.5. The molecule has 0 spiro atoms. The molecule has 0 heterocycles. The van der Waals surface area contributed by atoms with Crippen LogP contribution in [0.3, 0.4) is 0 Å². The second-order valence-corrected chi connectivity index (χ2v) is 3.94. The van der Waals surface area contributed by atoms with Crippen molar-refractivity contribution in [3.8, 4) is 0 Å². The number of hydroxylamine groups is 2. The summed E-state index contributed by atoms with van der Waals surface area (Å²) in [6.07, 6.45) is 1.43. The molecule has 0 saturated heterocycles. The predicted octanol–water partition coefficient (Wildman–Crippen LogP) is 1.02. The van der Waals surface area contributed by atoms with Crippen LogP contribution in [0.15, 0.2) is 0 Å². The standard InChI is InChI=1S/C12H24N2O4/c1-3-13-9-10-14(4-2)18-12(17)8-6-5-7-11(15)16/h13H,3-10H2,1-2H3,(H,15,16). The van der Waals surface area contributed by atoms with Crippen LogP contribution in [0.25, 0.3) is 0 Å². The van der Waals surface area contributed by atoms with Crippen LogP contribution in [-0.4, -0.2) is 48.3 Å². The van der Waals surface area contributed by atoms with Gasteiger partial charge in [0.15, 0.2) is 0 Å². The molecule has 0 aliphatic heterocycles. The molecule has 6 nitrogen and oxygen atoms in total. The molecule has 18 heavy (non-hydrogen) atoms. The van der Waals surface area contributed by atoms with Gasteiger partial charge in [0.25, 0.3) is 0 Å². The Kier molecular flexibility index (Phi) is 10.3. The number of nitrogens with zero attached hydrogens (tertiary/aromatic N) is 1. The summed E-state index contributed by atoms with van der Waals surface area (Å²) < 4.78 is 0. The summed E-state index contributed by atoms with van der Waals surface area (Å²) in [7, 11) is 0. The van der Waals surface area contributed by atoms with E-state index in [9.17, 15) is 9.59 Å². The molecule has 0 amide bonds. The van der Waals surface area contributed by atoms with Gasteiger partial charge in [0.05, 0.1) is 0 Å². The second-order valence-electron chi connectivity index (χ2n) is 3.94. The van der Waals surface area contributed by atoms with Gasteiger partial charge in [-0.15, -0.1) is 5.06 Å². The second kappa shape index (κ2) is 11.0. The van der Waals surface area contributed by atoms with Crippen molar-refractivity contribution >= 4 is 11.9 Å². The van der Waals surface area contributed by atoms with Crippen molar-refractivity contribution in [2.75, 3.05) is 26.2 Å². The molecule has 0 aliphatic carbocycles. The van der Waals surface area contributed by atoms with E-state index in [-0.39, 0.29) is 18.8 Å². The van der Waals surface area contributed by atoms with Gasteiger partial charge in [0, 0.05) is 32.5 Å². The van der Waals surface area contributed by atoms with E-state index in [1.165, 1.54) is 0 Å². The van der Waals surface area contributed by atoms with Crippen molar-refractivity contribution in [1.82, 2.24) is 10.4 Å². The van der Waals surface area contributed by atoms with Crippen LogP contribution in [0.2, 0.25) is 0 Å². The highest BCUT2D eigenvalue weighted by Gasteiger charge is 2.09. The number of carboxylic acids is 1. The normalized spacial score (nSPS) is 10.6. The lowest BCUT2D eigenvalue weighted by Crippen LogP contribution is -2.34. The zero-order valence-electron chi connectivity index (χ0n) is 11.3. The van der Waals surface area contributed by atoms with Gasteiger partial charge in [-0.25, -0.2) is 0 Å². The highest BCUT2D eigenvalue weighted by molar-refractivity contribution is 5.69. The summed E-state index contributed by atoms with van der Waals surface area (Å²) in [4.78, 5) is 26.9. The van der Waals surface area contributed by atoms with Gasteiger partial charge in [0.1, 0.15) is 0 Å². The van der Waals surface area contributed by atoms with Gasteiger partial charge in [-0.2, -0.15) is 0 Å². The third-order valence-electron chi connectivity index (χ3n) is 2.39. The van der Waals surface area contributed by atoms with Gasteiger partial charge >= 0.3 is 11.9 Å². The largest absolute Gasteiger partial charge is 0.481 e. The van der Waals surface area contributed by atoms with Crippen LogP contribution in [-0.2, 0) is 14.4 Å². The zero-order chi connectivity index (χ0) is 13.8. The van der Waals surface area contributed by atoms with Gasteiger partial charge in [-0.05, 0) is 26.3 Å². The van der Waals surface area contributed by atoms with Gasteiger partial charge in [-0.3, -0.25) is 9.59 Å². The quantitative estimate of drug-likeness (QED) is 0.426. The van der Waals surface area contributed by atoms with E-state index >= 15 is 0 Å². The molecule has 0 bridgehead atoms. The molecule has 0 aliphatic rings. The number of carbonyl (C=O) groups excluding carboxylic acids is 1. The Hall–Kier alpha value is -1.14. The van der Waals surface area contributed by atoms with Crippen molar-refractivity contribution in [1.29, 1.82) is 0 Å². The van der Waals surface area contributed by atoms with Gasteiger partial charge in [0.2, 0.25) is 0 Å². The van der Waals surface area contributed by atoms with Crippen LogP contribution in [0.5, 0.6) is 0 Å². The Labute approximate surface area is 108 Å². The molecule has 0 aromatic heterocycles. The lowest BCUT2D eigenvalue weighted by atomic mass is 10.2. The fraction of sp³-hybridized carbons (Fsp3) is 0.833. The number of aliphatic carboxylic acids is 1. The minimum atomic E-state index is -0.829. The smallest absolute Gasteiger partial charge is 0.325 e. The Balaban J connectivity index is 3.65. The minimum Gasteiger partial charge on any atom is -0.481 e. The third-order valence-corrected chi connectivity index (χ3v) is 2.39. The summed E-state index contributed by atoms with van der Waals surface area (Å²) in [5.74, 6) is -1.12. The molecule has 0 fully saturated rings. The summed E-state index contributed by atoms with van der Waals surface area (Å²) in [5, 5.41) is 13.2. The lowest BCUT2D eigenvalue weighted by molar-refractivity contribution is -0.189. The van der Waals surface area contributed by atoms with E-state index in [2.05, 4.69) is 5.32 Å². The van der Waals surface area contributed by atoms with E-state index < -0.39 is 5.97 Å². The SMILES string of the molecule is CCNCCN(CC)OC(=O)CCCCC(=O)O. The Morgan fingerprint density at radius 2 is 1.89 bits per heavy atom. The molecule has 0 radical (unpaired) electrons. The summed E-state index contributed by atoms with van der Waals surface area (Å²) >= 11 is 0. The average molecular weight is 260 g/mol. The molecule has 0 saturated carbocycles. The number of carbonyl (C=O) groups is 2. The maximum Gasteiger partial charge on any atom is 0.325 e. The fourth-order valence-electron chi connectivity index (χ4n) is 1.38. The minimum absolute atomic E-state index is 0.102. The van der Waals surface area contributed by atoms with Crippen LogP contribution < -0.4 is 5.32 Å². The summed E-state index contributed by atoms with van der Waals surface area (Å²) in [6, 6.07) is 0. The van der Waals surface area contributed by atoms with E-state index in [1.807, 2.05) is 13.8 Å². The highest BCUT2D eigenvalue weighted by Crippen LogP contribution is 2.02. The van der Waals surface area contributed by atoms with Gasteiger partial charge < -0.3 is 15.3 Å². The molecule has 0 rings (SSSR count). The first-order chi connectivity index (χ1) is 8.60. The summed E-state index contributed by atoms with van der Waals surface area (Å²) in [6.45, 7) is 6.91. The van der Waals surface area contributed by atoms with E-state index in [0.29, 0.717) is 25.9 Å². The summed E-state index contributed by atoms with van der Waals surface area (Å²) in [5.41, 5.74) is 0. The Morgan fingerprint density at radius 3 is 2.44 bits per heavy atom. The molecule has 2 N–H and O–H groups in total. The van der Waals surface area contributed by atoms with E-state index in [1.54, 1.807) is 5.06 Å². The van der Waals surface area contributed by atoms with Crippen LogP contribution >= 0.6 is 0 Å². The molecule has 0 atom stereocenters. The monoisotopic (exact) mass is 260 g/mol. The van der Waals surface area contributed by atoms with Crippen molar-refractivity contribution in [2.45, 2.75) is 39.5 Å². The van der Waals surface area contributed by atoms with Crippen LogP contribution in [0.1, 0.15) is 39.5 Å². The third kappa shape index (κ3) is 10.0. The Morgan fingerprint density at radius 1 is 1.22 bits per heavy atom. The van der Waals surface area contributed by atoms with Crippen LogP contribution in [0, 0.1) is 0 Å². The van der Waals surface area contributed by atoms with Gasteiger partial charge in [-0.1, -0.05) is 6.92 Å². The van der Waals surface area contributed by atoms with E-state index in [0.717, 1.165) is 13.1 Å². The molecular weight excluding hydrogens is 236 g/mol. The van der Waals surface area contributed by atoms with Crippen LogP contribution in [0.4, 0.5) is 0 Å². The zero-order valence-corrected chi connectivity index (χ0v) is 11.3. The van der Waals surface area contributed by atoms with Crippen molar-refractivity contribution in [3.63, 3.8) is 0 Å². The number of nitrogens with one attached hydrogen (secondary N) is 1. The number of hydrogen-bond donors (Lipinski definition) is 2. The Bertz CT molecular complexity index is 246. The number of rotatable bonds is 11. The maximum atomic E-state index is 11.5. The average Bonchev–Trinajstić information content (AvgIpc) is 2.33. The molecule has 106 valence electrons. The van der Waals surface area contributed by atoms with E-state index in [4.69, 9.17) is 9.94 Å². The first-order valence-corrected chi connectivity index (χ1v) is 6.48. The molecule has 0 aromatic carbocycles. The predicted molar refractivity (Wildman–Crippen MR) is 68.0 cm³/mol. The number of carboxylic acid groups (broad SMARTS) is 1. The number of likely N-dealkylation sites (N-methyl/N-ethyl adjacent to an activating group) is 2. The molecule has 0 aromatic rings.